The highest BCUT2D eigenvalue weighted by molar-refractivity contribution is 5.96. The van der Waals surface area contributed by atoms with Crippen LogP contribution in [0.1, 0.15) is 29.6 Å². The van der Waals surface area contributed by atoms with Crippen LogP contribution in [0.15, 0.2) is 18.2 Å². The van der Waals surface area contributed by atoms with Crippen molar-refractivity contribution in [1.82, 2.24) is 4.90 Å². The third-order valence-electron chi connectivity index (χ3n) is 3.62. The summed E-state index contributed by atoms with van der Waals surface area (Å²) in [5, 5.41) is 23.1. The van der Waals surface area contributed by atoms with Gasteiger partial charge in [-0.05, 0) is 45.0 Å². The molecule has 1 heterocycles. The first kappa shape index (κ1) is 15.2. The van der Waals surface area contributed by atoms with E-state index in [-0.39, 0.29) is 16.9 Å². The molecule has 114 valence electrons. The summed E-state index contributed by atoms with van der Waals surface area (Å²) in [5.41, 5.74) is -0.169. The summed E-state index contributed by atoms with van der Waals surface area (Å²) >= 11 is 0. The molecule has 1 fully saturated rings. The number of benzene rings is 1. The van der Waals surface area contributed by atoms with Crippen LogP contribution in [-0.2, 0) is 0 Å². The molecule has 0 unspecified atom stereocenters. The Bertz CT molecular complexity index is 495. The number of para-hydroxylation sites is 1. The first-order valence-electron chi connectivity index (χ1n) is 7.06. The monoisotopic (exact) mass is 293 g/mol. The van der Waals surface area contributed by atoms with Crippen LogP contribution in [0.4, 0.5) is 11.4 Å². The van der Waals surface area contributed by atoms with Gasteiger partial charge in [-0.3, -0.25) is 10.1 Å². The maximum atomic E-state index is 11.2. The Hall–Kier alpha value is -2.15. The zero-order valence-electron chi connectivity index (χ0n) is 11.7. The number of carbonyl (C=O) groups is 1. The Morgan fingerprint density at radius 1 is 1.38 bits per heavy atom. The average Bonchev–Trinajstić information content (AvgIpc) is 2.96. The van der Waals surface area contributed by atoms with E-state index in [1.165, 1.54) is 31.0 Å². The lowest BCUT2D eigenvalue weighted by Crippen LogP contribution is -2.22. The molecule has 1 aromatic rings. The second-order valence-electron chi connectivity index (χ2n) is 5.09. The summed E-state index contributed by atoms with van der Waals surface area (Å²) in [6.07, 6.45) is 3.27. The number of hydrogen-bond acceptors (Lipinski definition) is 5. The Morgan fingerprint density at radius 3 is 2.71 bits per heavy atom. The van der Waals surface area contributed by atoms with Crippen molar-refractivity contribution in [3.63, 3.8) is 0 Å². The number of carboxylic acids is 1. The van der Waals surface area contributed by atoms with Gasteiger partial charge in [0.1, 0.15) is 5.69 Å². The van der Waals surface area contributed by atoms with Crippen LogP contribution in [0.5, 0.6) is 0 Å². The van der Waals surface area contributed by atoms with Crippen molar-refractivity contribution in [3.05, 3.63) is 33.9 Å². The quantitative estimate of drug-likeness (QED) is 0.454. The smallest absolute Gasteiger partial charge is 0.338 e. The van der Waals surface area contributed by atoms with Gasteiger partial charge in [0.05, 0.1) is 10.5 Å². The Balaban J connectivity index is 1.99. The molecule has 0 amide bonds. The fourth-order valence-corrected chi connectivity index (χ4v) is 2.58. The molecule has 7 heteroatoms. The molecule has 0 atom stereocenters. The average molecular weight is 293 g/mol. The van der Waals surface area contributed by atoms with E-state index in [1.807, 2.05) is 0 Å². The Kier molecular flexibility index (Phi) is 5.10. The second-order valence-corrected chi connectivity index (χ2v) is 5.09. The predicted octanol–water partition coefficient (Wildman–Crippen LogP) is 2.19. The third kappa shape index (κ3) is 3.91. The molecule has 0 spiro atoms. The van der Waals surface area contributed by atoms with Crippen molar-refractivity contribution in [2.24, 2.45) is 0 Å². The SMILES string of the molecule is O=C(O)c1cccc([N+](=O)[O-])c1NCCCN1CCCC1. The molecule has 0 aliphatic carbocycles. The van der Waals surface area contributed by atoms with E-state index in [9.17, 15) is 14.9 Å². The van der Waals surface area contributed by atoms with Crippen LogP contribution in [0.3, 0.4) is 0 Å². The van der Waals surface area contributed by atoms with Crippen molar-refractivity contribution >= 4 is 17.3 Å². The lowest BCUT2D eigenvalue weighted by Gasteiger charge is -2.15. The van der Waals surface area contributed by atoms with Gasteiger partial charge in [0.15, 0.2) is 0 Å². The number of nitro groups is 1. The van der Waals surface area contributed by atoms with E-state index in [0.29, 0.717) is 6.54 Å². The number of nitrogens with one attached hydrogen (secondary N) is 1. The number of nitro benzene ring substituents is 1. The van der Waals surface area contributed by atoms with Gasteiger partial charge in [-0.25, -0.2) is 4.79 Å². The summed E-state index contributed by atoms with van der Waals surface area (Å²) in [5.74, 6) is -1.17. The highest BCUT2D eigenvalue weighted by Gasteiger charge is 2.21. The summed E-state index contributed by atoms with van der Waals surface area (Å²) < 4.78 is 0. The summed E-state index contributed by atoms with van der Waals surface area (Å²) in [7, 11) is 0. The minimum absolute atomic E-state index is 0.0645. The van der Waals surface area contributed by atoms with Crippen LogP contribution < -0.4 is 5.32 Å². The number of carboxylic acid groups (broad SMARTS) is 1. The molecule has 1 aromatic carbocycles. The van der Waals surface area contributed by atoms with E-state index in [1.54, 1.807) is 0 Å². The van der Waals surface area contributed by atoms with Crippen LogP contribution >= 0.6 is 0 Å². The number of hydrogen-bond donors (Lipinski definition) is 2. The van der Waals surface area contributed by atoms with E-state index in [4.69, 9.17) is 5.11 Å². The maximum absolute atomic E-state index is 11.2. The number of likely N-dealkylation sites (tertiary alicyclic amines) is 1. The van der Waals surface area contributed by atoms with Gasteiger partial charge in [0, 0.05) is 12.6 Å². The Morgan fingerprint density at radius 2 is 2.10 bits per heavy atom. The number of anilines is 1. The normalized spacial score (nSPS) is 15.0. The fraction of sp³-hybridized carbons (Fsp3) is 0.500. The molecule has 21 heavy (non-hydrogen) atoms. The van der Waals surface area contributed by atoms with Crippen molar-refractivity contribution in [2.45, 2.75) is 19.3 Å². The van der Waals surface area contributed by atoms with E-state index in [0.717, 1.165) is 26.1 Å². The molecule has 0 bridgehead atoms. The van der Waals surface area contributed by atoms with E-state index >= 15 is 0 Å². The van der Waals surface area contributed by atoms with Gasteiger partial charge in [-0.2, -0.15) is 0 Å². The van der Waals surface area contributed by atoms with Crippen molar-refractivity contribution in [2.75, 3.05) is 31.5 Å². The highest BCUT2D eigenvalue weighted by Crippen LogP contribution is 2.28. The second kappa shape index (κ2) is 7.03. The number of rotatable bonds is 7. The predicted molar refractivity (Wildman–Crippen MR) is 78.8 cm³/mol. The lowest BCUT2D eigenvalue weighted by molar-refractivity contribution is -0.384. The first-order chi connectivity index (χ1) is 10.1. The van der Waals surface area contributed by atoms with E-state index < -0.39 is 10.9 Å². The zero-order valence-corrected chi connectivity index (χ0v) is 11.7. The van der Waals surface area contributed by atoms with Crippen LogP contribution in [0, 0.1) is 10.1 Å². The molecule has 0 saturated carbocycles. The molecule has 0 aromatic heterocycles. The zero-order chi connectivity index (χ0) is 15.2. The Labute approximate surface area is 122 Å². The molecule has 2 N–H and O–H groups in total. The van der Waals surface area contributed by atoms with Crippen LogP contribution in [0.2, 0.25) is 0 Å². The number of nitrogens with zero attached hydrogens (tertiary/aromatic N) is 2. The largest absolute Gasteiger partial charge is 0.478 e. The summed E-state index contributed by atoms with van der Waals surface area (Å²) in [6, 6.07) is 4.07. The fourth-order valence-electron chi connectivity index (χ4n) is 2.58. The van der Waals surface area contributed by atoms with Crippen molar-refractivity contribution < 1.29 is 14.8 Å². The van der Waals surface area contributed by atoms with Gasteiger partial charge in [0.25, 0.3) is 5.69 Å². The van der Waals surface area contributed by atoms with Gasteiger partial charge in [-0.15, -0.1) is 0 Å². The molecule has 1 aliphatic rings. The molecule has 7 nitrogen and oxygen atoms in total. The van der Waals surface area contributed by atoms with Gasteiger partial charge in [0.2, 0.25) is 0 Å². The van der Waals surface area contributed by atoms with Gasteiger partial charge in [-0.1, -0.05) is 6.07 Å². The minimum atomic E-state index is -1.17. The topological polar surface area (TPSA) is 95.7 Å². The minimum Gasteiger partial charge on any atom is -0.478 e. The standard InChI is InChI=1S/C14H19N3O4/c18-14(19)11-5-3-6-12(17(20)21)13(11)15-7-4-10-16-8-1-2-9-16/h3,5-6,15H,1-2,4,7-10H2,(H,18,19). The third-order valence-corrected chi connectivity index (χ3v) is 3.62. The molecule has 1 saturated heterocycles. The van der Waals surface area contributed by atoms with Gasteiger partial charge < -0.3 is 15.3 Å². The van der Waals surface area contributed by atoms with Crippen molar-refractivity contribution in [1.29, 1.82) is 0 Å². The van der Waals surface area contributed by atoms with Crippen molar-refractivity contribution in [3.8, 4) is 0 Å². The summed E-state index contributed by atoms with van der Waals surface area (Å²) in [6.45, 7) is 3.65. The van der Waals surface area contributed by atoms with E-state index in [2.05, 4.69) is 10.2 Å². The van der Waals surface area contributed by atoms with Crippen LogP contribution in [-0.4, -0.2) is 47.1 Å². The lowest BCUT2D eigenvalue weighted by atomic mass is 10.1. The molecular formula is C14H19N3O4. The summed E-state index contributed by atoms with van der Waals surface area (Å²) in [4.78, 5) is 24.0. The first-order valence-corrected chi connectivity index (χ1v) is 7.06. The molecule has 0 radical (unpaired) electrons. The maximum Gasteiger partial charge on any atom is 0.338 e. The van der Waals surface area contributed by atoms with Crippen LogP contribution in [0.25, 0.3) is 0 Å². The van der Waals surface area contributed by atoms with Gasteiger partial charge >= 0.3 is 5.97 Å². The number of aromatic carboxylic acids is 1. The highest BCUT2D eigenvalue weighted by atomic mass is 16.6. The molecule has 1 aliphatic heterocycles. The molecule has 2 rings (SSSR count). The molecular weight excluding hydrogens is 274 g/mol.